The molecule has 3 saturated carbocycles. The molecule has 142 valence electrons. The zero-order chi connectivity index (χ0) is 18.8. The summed E-state index contributed by atoms with van der Waals surface area (Å²) in [6.07, 6.45) is 4.17. The van der Waals surface area contributed by atoms with Crippen LogP contribution in [0.5, 0.6) is 0 Å². The lowest BCUT2D eigenvalue weighted by Crippen LogP contribution is -2.64. The molecule has 3 rings (SSSR count). The van der Waals surface area contributed by atoms with E-state index >= 15 is 0 Å². The van der Waals surface area contributed by atoms with Gasteiger partial charge < -0.3 is 9.84 Å². The van der Waals surface area contributed by atoms with E-state index in [1.54, 1.807) is 0 Å². The van der Waals surface area contributed by atoms with Gasteiger partial charge in [-0.2, -0.15) is 0 Å². The fraction of sp³-hybridized carbons (Fsp3) is 0.905. The number of aliphatic hydroxyl groups excluding tert-OH is 1. The molecule has 0 heterocycles. The first-order valence-electron chi connectivity index (χ1n) is 9.79. The van der Waals surface area contributed by atoms with Crippen LogP contribution in [0.4, 0.5) is 0 Å². The fourth-order valence-electron chi connectivity index (χ4n) is 7.04. The molecule has 3 aliphatic carbocycles. The van der Waals surface area contributed by atoms with Gasteiger partial charge in [0, 0.05) is 5.92 Å². The maximum absolute atomic E-state index is 12.9. The Morgan fingerprint density at radius 2 is 1.68 bits per heavy atom. The van der Waals surface area contributed by atoms with Crippen molar-refractivity contribution < 1.29 is 19.4 Å². The van der Waals surface area contributed by atoms with Crippen molar-refractivity contribution >= 4 is 11.8 Å². The molecule has 3 fully saturated rings. The Labute approximate surface area is 151 Å². The average Bonchev–Trinajstić information content (AvgIpc) is 2.53. The van der Waals surface area contributed by atoms with E-state index in [9.17, 15) is 14.7 Å². The Hall–Kier alpha value is -0.900. The molecule has 0 bridgehead atoms. The van der Waals surface area contributed by atoms with Gasteiger partial charge in [-0.3, -0.25) is 9.59 Å². The van der Waals surface area contributed by atoms with Crippen molar-refractivity contribution in [3.63, 3.8) is 0 Å². The predicted octanol–water partition coefficient (Wildman–Crippen LogP) is 3.60. The molecule has 2 unspecified atom stereocenters. The summed E-state index contributed by atoms with van der Waals surface area (Å²) >= 11 is 0. The largest absolute Gasteiger partial charge is 0.468 e. The van der Waals surface area contributed by atoms with Crippen molar-refractivity contribution in [2.24, 2.45) is 39.9 Å². The number of esters is 1. The van der Waals surface area contributed by atoms with Gasteiger partial charge in [0.2, 0.25) is 0 Å². The summed E-state index contributed by atoms with van der Waals surface area (Å²) in [6.45, 7) is 10.8. The minimum absolute atomic E-state index is 0.0525. The second-order valence-corrected chi connectivity index (χ2v) is 10.0. The zero-order valence-electron chi connectivity index (χ0n) is 16.6. The maximum Gasteiger partial charge on any atom is 0.316 e. The highest BCUT2D eigenvalue weighted by Crippen LogP contribution is 2.68. The number of ketones is 1. The molecule has 25 heavy (non-hydrogen) atoms. The number of Topliss-reactive ketones (excluding diaryl/α,β-unsaturated/α-hetero) is 1. The average molecular weight is 350 g/mol. The van der Waals surface area contributed by atoms with Crippen molar-refractivity contribution in [1.29, 1.82) is 0 Å². The molecule has 0 amide bonds. The molecular formula is C21H34O4. The van der Waals surface area contributed by atoms with Gasteiger partial charge in [-0.1, -0.05) is 34.6 Å². The van der Waals surface area contributed by atoms with Crippen LogP contribution in [0, 0.1) is 39.9 Å². The van der Waals surface area contributed by atoms with E-state index < -0.39 is 5.92 Å². The van der Waals surface area contributed by atoms with E-state index in [0.717, 1.165) is 32.1 Å². The second kappa shape index (κ2) is 5.80. The predicted molar refractivity (Wildman–Crippen MR) is 95.7 cm³/mol. The smallest absolute Gasteiger partial charge is 0.316 e. The third kappa shape index (κ3) is 2.43. The molecule has 0 aliphatic heterocycles. The van der Waals surface area contributed by atoms with Crippen molar-refractivity contribution in [1.82, 2.24) is 0 Å². The molecular weight excluding hydrogens is 316 g/mol. The first-order chi connectivity index (χ1) is 11.5. The van der Waals surface area contributed by atoms with Gasteiger partial charge in [-0.05, 0) is 60.2 Å². The number of carbonyl (C=O) groups is 2. The zero-order valence-corrected chi connectivity index (χ0v) is 16.6. The fourth-order valence-corrected chi connectivity index (χ4v) is 7.04. The Kier molecular flexibility index (Phi) is 4.38. The van der Waals surface area contributed by atoms with Gasteiger partial charge in [-0.25, -0.2) is 0 Å². The number of hydrogen-bond donors (Lipinski definition) is 1. The van der Waals surface area contributed by atoms with E-state index in [-0.39, 0.29) is 40.0 Å². The number of fused-ring (bicyclic) bond motifs is 3. The lowest BCUT2D eigenvalue weighted by molar-refractivity contribution is -0.204. The Morgan fingerprint density at radius 1 is 1.08 bits per heavy atom. The monoisotopic (exact) mass is 350 g/mol. The SMILES string of the molecule is COC(=O)[C@@H]1C(=O)[C@H](C)CC2[C@@]3(C)CC[C@H](O)C(C)(C)C3CC[C@]21C. The summed E-state index contributed by atoms with van der Waals surface area (Å²) in [7, 11) is 1.39. The van der Waals surface area contributed by atoms with Gasteiger partial charge in [-0.15, -0.1) is 0 Å². The topological polar surface area (TPSA) is 63.6 Å². The Bertz CT molecular complexity index is 582. The van der Waals surface area contributed by atoms with Gasteiger partial charge >= 0.3 is 5.97 Å². The summed E-state index contributed by atoms with van der Waals surface area (Å²) in [5, 5.41) is 10.6. The first-order valence-corrected chi connectivity index (χ1v) is 9.79. The van der Waals surface area contributed by atoms with Crippen LogP contribution in [-0.4, -0.2) is 30.1 Å². The number of ether oxygens (including phenoxy) is 1. The second-order valence-electron chi connectivity index (χ2n) is 10.0. The Balaban J connectivity index is 2.07. The van der Waals surface area contributed by atoms with Crippen LogP contribution in [-0.2, 0) is 14.3 Å². The number of hydrogen-bond acceptors (Lipinski definition) is 4. The van der Waals surface area contributed by atoms with Crippen molar-refractivity contribution in [3.8, 4) is 0 Å². The number of rotatable bonds is 1. The highest BCUT2D eigenvalue weighted by molar-refractivity contribution is 6.01. The molecule has 0 radical (unpaired) electrons. The molecule has 1 N–H and O–H groups in total. The summed E-state index contributed by atoms with van der Waals surface area (Å²) in [5.74, 6) is -0.321. The summed E-state index contributed by atoms with van der Waals surface area (Å²) in [6, 6.07) is 0. The van der Waals surface area contributed by atoms with Crippen molar-refractivity contribution in [2.45, 2.75) is 72.8 Å². The third-order valence-corrected chi connectivity index (χ3v) is 8.53. The molecule has 3 aliphatic rings. The van der Waals surface area contributed by atoms with Crippen LogP contribution < -0.4 is 0 Å². The molecule has 7 atom stereocenters. The van der Waals surface area contributed by atoms with Crippen molar-refractivity contribution in [2.75, 3.05) is 7.11 Å². The highest BCUT2D eigenvalue weighted by Gasteiger charge is 2.66. The van der Waals surface area contributed by atoms with Gasteiger partial charge in [0.05, 0.1) is 13.2 Å². The van der Waals surface area contributed by atoms with Crippen LogP contribution in [0.2, 0.25) is 0 Å². The molecule has 0 saturated heterocycles. The van der Waals surface area contributed by atoms with Gasteiger partial charge in [0.25, 0.3) is 0 Å². The van der Waals surface area contributed by atoms with E-state index in [1.807, 2.05) is 6.92 Å². The third-order valence-electron chi connectivity index (χ3n) is 8.53. The van der Waals surface area contributed by atoms with Gasteiger partial charge in [0.15, 0.2) is 0 Å². The quantitative estimate of drug-likeness (QED) is 0.580. The van der Waals surface area contributed by atoms with Crippen molar-refractivity contribution in [3.05, 3.63) is 0 Å². The number of aliphatic hydroxyl groups is 1. The Morgan fingerprint density at radius 3 is 2.28 bits per heavy atom. The van der Waals surface area contributed by atoms with Crippen LogP contribution in [0.3, 0.4) is 0 Å². The molecule has 0 aromatic heterocycles. The normalized spacial score (nSPS) is 49.1. The minimum atomic E-state index is -0.640. The molecule has 0 aromatic rings. The van der Waals surface area contributed by atoms with Crippen LogP contribution >= 0.6 is 0 Å². The van der Waals surface area contributed by atoms with E-state index in [1.165, 1.54) is 7.11 Å². The van der Waals surface area contributed by atoms with E-state index in [4.69, 9.17) is 4.74 Å². The number of methoxy groups -OCH3 is 1. The lowest BCUT2D eigenvalue weighted by Gasteiger charge is -2.66. The molecule has 4 heteroatoms. The van der Waals surface area contributed by atoms with E-state index in [2.05, 4.69) is 27.7 Å². The summed E-state index contributed by atoms with van der Waals surface area (Å²) in [4.78, 5) is 25.4. The first kappa shape index (κ1) is 18.9. The van der Waals surface area contributed by atoms with Crippen LogP contribution in [0.1, 0.15) is 66.7 Å². The minimum Gasteiger partial charge on any atom is -0.468 e. The molecule has 0 spiro atoms. The van der Waals surface area contributed by atoms with Crippen LogP contribution in [0.25, 0.3) is 0 Å². The summed E-state index contributed by atoms with van der Waals surface area (Å²) in [5.41, 5.74) is -0.406. The number of carbonyl (C=O) groups excluding carboxylic acids is 2. The van der Waals surface area contributed by atoms with Gasteiger partial charge in [0.1, 0.15) is 11.7 Å². The van der Waals surface area contributed by atoms with E-state index in [0.29, 0.717) is 11.8 Å². The molecule has 0 aromatic carbocycles. The molecule has 4 nitrogen and oxygen atoms in total. The van der Waals surface area contributed by atoms with Crippen LogP contribution in [0.15, 0.2) is 0 Å². The maximum atomic E-state index is 12.9. The standard InChI is InChI=1S/C21H34O4/c1-12-11-14-20(4)10-8-15(22)19(2,3)13(20)7-9-21(14,5)16(17(12)23)18(24)25-6/h12-16,22H,7-11H2,1-6H3/t12-,13?,14?,15+,16+,20+,21-/m1/s1. The highest BCUT2D eigenvalue weighted by atomic mass is 16.5. The summed E-state index contributed by atoms with van der Waals surface area (Å²) < 4.78 is 5.05. The lowest BCUT2D eigenvalue weighted by atomic mass is 9.38.